The van der Waals surface area contributed by atoms with Crippen LogP contribution in [0.2, 0.25) is 5.15 Å². The summed E-state index contributed by atoms with van der Waals surface area (Å²) in [6.07, 6.45) is 9.43. The van der Waals surface area contributed by atoms with E-state index in [0.29, 0.717) is 22.8 Å². The molecule has 0 radical (unpaired) electrons. The first-order valence-electron chi connectivity index (χ1n) is 8.03. The zero-order valence-electron chi connectivity index (χ0n) is 14.5. The van der Waals surface area contributed by atoms with Crippen LogP contribution in [0.4, 0.5) is 0 Å². The fourth-order valence-corrected chi connectivity index (χ4v) is 3.22. The summed E-state index contributed by atoms with van der Waals surface area (Å²) in [5.74, 6) is 1.16. The predicted octanol–water partition coefficient (Wildman–Crippen LogP) is 3.54. The minimum absolute atomic E-state index is 0.310. The molecule has 0 saturated heterocycles. The van der Waals surface area contributed by atoms with E-state index in [1.807, 2.05) is 48.0 Å². The zero-order valence-corrected chi connectivity index (χ0v) is 15.2. The third-order valence-corrected chi connectivity index (χ3v) is 4.57. The molecule has 0 atom stereocenters. The highest BCUT2D eigenvalue weighted by Crippen LogP contribution is 2.31. The van der Waals surface area contributed by atoms with E-state index in [9.17, 15) is 0 Å². The smallest absolute Gasteiger partial charge is 0.217 e. The molecule has 4 rings (SSSR count). The Hall–Kier alpha value is -2.67. The lowest BCUT2D eigenvalue weighted by molar-refractivity contribution is 0.532. The summed E-state index contributed by atoms with van der Waals surface area (Å²) in [7, 11) is 1.90. The number of halogens is 1. The molecular formula is C17H18ClN7. The maximum Gasteiger partial charge on any atom is 0.217 e. The van der Waals surface area contributed by atoms with Crippen LogP contribution in [0.15, 0.2) is 31.0 Å². The molecule has 4 aromatic rings. The standard InChI is InChI=1S/C17H18ClN7/c1-10(2)24-8-12(7-20-24)13-9-25-14(11(13)3)15(18)21-16(22-25)17-19-5-6-23(17)4/h5-10H,1-4H3. The van der Waals surface area contributed by atoms with E-state index < -0.39 is 0 Å². The van der Waals surface area contributed by atoms with Gasteiger partial charge < -0.3 is 4.57 Å². The lowest BCUT2D eigenvalue weighted by Crippen LogP contribution is -2.02. The summed E-state index contributed by atoms with van der Waals surface area (Å²) in [5.41, 5.74) is 3.90. The van der Waals surface area contributed by atoms with E-state index in [4.69, 9.17) is 11.6 Å². The lowest BCUT2D eigenvalue weighted by Gasteiger charge is -2.03. The van der Waals surface area contributed by atoms with Crippen molar-refractivity contribution in [3.05, 3.63) is 41.7 Å². The van der Waals surface area contributed by atoms with Crippen molar-refractivity contribution in [3.8, 4) is 22.8 Å². The van der Waals surface area contributed by atoms with Crippen LogP contribution in [0.1, 0.15) is 25.5 Å². The van der Waals surface area contributed by atoms with Crippen LogP contribution in [0.25, 0.3) is 28.3 Å². The van der Waals surface area contributed by atoms with E-state index in [1.54, 1.807) is 10.7 Å². The van der Waals surface area contributed by atoms with Crippen molar-refractivity contribution < 1.29 is 0 Å². The van der Waals surface area contributed by atoms with Gasteiger partial charge in [-0.15, -0.1) is 5.10 Å². The van der Waals surface area contributed by atoms with Crippen LogP contribution in [-0.4, -0.2) is 33.9 Å². The molecule has 128 valence electrons. The fraction of sp³-hybridized carbons (Fsp3) is 0.294. The Bertz CT molecular complexity index is 1070. The first kappa shape index (κ1) is 15.8. The average Bonchev–Trinajstić information content (AvgIpc) is 3.25. The topological polar surface area (TPSA) is 65.8 Å². The number of hydrogen-bond acceptors (Lipinski definition) is 4. The first-order valence-corrected chi connectivity index (χ1v) is 8.41. The van der Waals surface area contributed by atoms with Crippen LogP contribution in [0, 0.1) is 6.92 Å². The van der Waals surface area contributed by atoms with Crippen molar-refractivity contribution in [2.75, 3.05) is 0 Å². The molecule has 0 N–H and O–H groups in total. The van der Waals surface area contributed by atoms with E-state index >= 15 is 0 Å². The number of fused-ring (bicyclic) bond motifs is 1. The molecule has 0 amide bonds. The molecule has 0 spiro atoms. The van der Waals surface area contributed by atoms with Crippen molar-refractivity contribution >= 4 is 17.1 Å². The van der Waals surface area contributed by atoms with Crippen LogP contribution < -0.4 is 0 Å². The Balaban J connectivity index is 1.89. The number of rotatable bonds is 3. The average molecular weight is 356 g/mol. The summed E-state index contributed by atoms with van der Waals surface area (Å²) in [6.45, 7) is 6.22. The third kappa shape index (κ3) is 2.51. The Labute approximate surface area is 149 Å². The van der Waals surface area contributed by atoms with Crippen LogP contribution >= 0.6 is 11.6 Å². The van der Waals surface area contributed by atoms with Gasteiger partial charge in [-0.2, -0.15) is 5.10 Å². The van der Waals surface area contributed by atoms with Gasteiger partial charge in [-0.05, 0) is 26.3 Å². The molecule has 4 aromatic heterocycles. The number of imidazole rings is 1. The summed E-state index contributed by atoms with van der Waals surface area (Å²) >= 11 is 6.46. The maximum absolute atomic E-state index is 6.46. The Morgan fingerprint density at radius 2 is 2.00 bits per heavy atom. The Morgan fingerprint density at radius 3 is 2.64 bits per heavy atom. The summed E-state index contributed by atoms with van der Waals surface area (Å²) in [6, 6.07) is 0.310. The van der Waals surface area contributed by atoms with Gasteiger partial charge in [0.2, 0.25) is 5.82 Å². The molecule has 4 heterocycles. The van der Waals surface area contributed by atoms with Gasteiger partial charge in [-0.1, -0.05) is 11.6 Å². The molecule has 0 aliphatic carbocycles. The molecule has 0 bridgehead atoms. The van der Waals surface area contributed by atoms with Crippen molar-refractivity contribution in [2.45, 2.75) is 26.8 Å². The summed E-state index contributed by atoms with van der Waals surface area (Å²) in [4.78, 5) is 8.73. The number of aryl methyl sites for hydroxylation is 2. The maximum atomic E-state index is 6.46. The minimum Gasteiger partial charge on any atom is -0.331 e. The SMILES string of the molecule is Cc1c(-c2cnn(C(C)C)c2)cn2nc(-c3nccn3C)nc(Cl)c12. The van der Waals surface area contributed by atoms with Gasteiger partial charge in [-0.25, -0.2) is 14.5 Å². The van der Waals surface area contributed by atoms with Gasteiger partial charge in [-0.3, -0.25) is 4.68 Å². The molecule has 0 aromatic carbocycles. The van der Waals surface area contributed by atoms with Gasteiger partial charge in [0.1, 0.15) is 5.52 Å². The molecule has 0 aliphatic rings. The van der Waals surface area contributed by atoms with E-state index in [1.165, 1.54) is 0 Å². The Morgan fingerprint density at radius 1 is 1.20 bits per heavy atom. The van der Waals surface area contributed by atoms with E-state index in [-0.39, 0.29) is 0 Å². The van der Waals surface area contributed by atoms with Crippen molar-refractivity contribution in [3.63, 3.8) is 0 Å². The van der Waals surface area contributed by atoms with Crippen LogP contribution in [0.3, 0.4) is 0 Å². The molecule has 0 saturated carbocycles. The number of nitrogens with zero attached hydrogens (tertiary/aromatic N) is 7. The second-order valence-corrected chi connectivity index (χ2v) is 6.71. The van der Waals surface area contributed by atoms with Gasteiger partial charge in [0.25, 0.3) is 0 Å². The van der Waals surface area contributed by atoms with E-state index in [2.05, 4.69) is 34.0 Å². The van der Waals surface area contributed by atoms with Gasteiger partial charge in [0.15, 0.2) is 11.0 Å². The molecule has 7 nitrogen and oxygen atoms in total. The zero-order chi connectivity index (χ0) is 17.7. The lowest BCUT2D eigenvalue weighted by atomic mass is 10.1. The van der Waals surface area contributed by atoms with Crippen molar-refractivity contribution in [1.82, 2.24) is 33.9 Å². The largest absolute Gasteiger partial charge is 0.331 e. The predicted molar refractivity (Wildman–Crippen MR) is 96.5 cm³/mol. The van der Waals surface area contributed by atoms with Gasteiger partial charge in [0.05, 0.1) is 6.20 Å². The molecule has 0 unspecified atom stereocenters. The molecule has 0 aliphatic heterocycles. The van der Waals surface area contributed by atoms with Crippen molar-refractivity contribution in [1.29, 1.82) is 0 Å². The first-order chi connectivity index (χ1) is 12.0. The van der Waals surface area contributed by atoms with Crippen LogP contribution in [-0.2, 0) is 7.05 Å². The number of aromatic nitrogens is 7. The van der Waals surface area contributed by atoms with E-state index in [0.717, 1.165) is 22.2 Å². The molecular weight excluding hydrogens is 338 g/mol. The van der Waals surface area contributed by atoms with Gasteiger partial charge >= 0.3 is 0 Å². The highest BCUT2D eigenvalue weighted by atomic mass is 35.5. The van der Waals surface area contributed by atoms with Crippen molar-refractivity contribution in [2.24, 2.45) is 7.05 Å². The minimum atomic E-state index is 0.310. The van der Waals surface area contributed by atoms with Crippen LogP contribution in [0.5, 0.6) is 0 Å². The fourth-order valence-electron chi connectivity index (χ4n) is 2.91. The third-order valence-electron chi connectivity index (χ3n) is 4.30. The monoisotopic (exact) mass is 355 g/mol. The molecule has 0 fully saturated rings. The second kappa shape index (κ2) is 5.70. The highest BCUT2D eigenvalue weighted by molar-refractivity contribution is 6.33. The van der Waals surface area contributed by atoms with Gasteiger partial charge in [0, 0.05) is 49.0 Å². The normalized spacial score (nSPS) is 11.8. The molecule has 8 heteroatoms. The molecule has 25 heavy (non-hydrogen) atoms. The summed E-state index contributed by atoms with van der Waals surface area (Å²) in [5, 5.41) is 9.43. The Kier molecular flexibility index (Phi) is 3.61. The summed E-state index contributed by atoms with van der Waals surface area (Å²) < 4.78 is 5.57. The quantitative estimate of drug-likeness (QED) is 0.563. The number of hydrogen-bond donors (Lipinski definition) is 0. The highest BCUT2D eigenvalue weighted by Gasteiger charge is 2.18. The second-order valence-electron chi connectivity index (χ2n) is 6.35.